The summed E-state index contributed by atoms with van der Waals surface area (Å²) < 4.78 is 6.95. The van der Waals surface area contributed by atoms with Crippen LogP contribution in [0.4, 0.5) is 0 Å². The van der Waals surface area contributed by atoms with Crippen LogP contribution < -0.4 is 10.1 Å². The van der Waals surface area contributed by atoms with E-state index < -0.39 is 11.7 Å². The zero-order valence-electron chi connectivity index (χ0n) is 16.2. The Morgan fingerprint density at radius 3 is 2.68 bits per heavy atom. The fraction of sp³-hybridized carbons (Fsp3) is 0.273. The molecule has 1 aromatic carbocycles. The quantitative estimate of drug-likeness (QED) is 0.461. The first kappa shape index (κ1) is 20.0. The second kappa shape index (κ2) is 8.48. The third kappa shape index (κ3) is 3.90. The number of pyridine rings is 1. The lowest BCUT2D eigenvalue weighted by molar-refractivity contribution is -0.117. The number of nitrogens with zero attached hydrogens (tertiary/aromatic N) is 1. The number of carbonyl (C=O) groups is 2. The molecule has 0 aliphatic carbocycles. The van der Waals surface area contributed by atoms with Crippen molar-refractivity contribution in [1.29, 1.82) is 0 Å². The summed E-state index contributed by atoms with van der Waals surface area (Å²) >= 11 is 6.28. The number of nitrogens with one attached hydrogen (secondary N) is 1. The van der Waals surface area contributed by atoms with Crippen molar-refractivity contribution in [3.05, 3.63) is 59.4 Å². The first-order chi connectivity index (χ1) is 13.5. The minimum atomic E-state index is -0.606. The minimum Gasteiger partial charge on any atom is -0.495 e. The summed E-state index contributed by atoms with van der Waals surface area (Å²) in [6, 6.07) is 12.7. The van der Waals surface area contributed by atoms with Gasteiger partial charge in [0.15, 0.2) is 0 Å². The number of ketones is 1. The monoisotopic (exact) mass is 398 g/mol. The summed E-state index contributed by atoms with van der Waals surface area (Å²) in [5.41, 5.74) is 2.53. The number of aromatic nitrogens is 1. The van der Waals surface area contributed by atoms with Gasteiger partial charge in [-0.25, -0.2) is 0 Å². The number of rotatable bonds is 7. The molecule has 2 heterocycles. The van der Waals surface area contributed by atoms with Crippen molar-refractivity contribution in [2.75, 3.05) is 7.11 Å². The highest BCUT2D eigenvalue weighted by atomic mass is 35.5. The van der Waals surface area contributed by atoms with Crippen LogP contribution in [0.5, 0.6) is 5.75 Å². The minimum absolute atomic E-state index is 0.0634. The number of benzene rings is 1. The number of fused-ring (bicyclic) bond motifs is 1. The Kier molecular flexibility index (Phi) is 6.05. The molecule has 5 nitrogen and oxygen atoms in total. The average Bonchev–Trinajstić information content (AvgIpc) is 3.06. The summed E-state index contributed by atoms with van der Waals surface area (Å²) in [5.74, 6) is -0.630. The van der Waals surface area contributed by atoms with Crippen LogP contribution in [0.3, 0.4) is 0 Å². The molecule has 1 atom stereocenters. The van der Waals surface area contributed by atoms with Gasteiger partial charge in [-0.05, 0) is 49.2 Å². The highest BCUT2D eigenvalue weighted by Crippen LogP contribution is 2.33. The van der Waals surface area contributed by atoms with Gasteiger partial charge in [0.25, 0.3) is 11.7 Å². The number of carbonyl (C=O) groups excluding carboxylic acids is 2. The molecule has 1 N–H and O–H groups in total. The Labute approximate surface area is 169 Å². The lowest BCUT2D eigenvalue weighted by atomic mass is 10.0. The molecule has 2 aromatic heterocycles. The van der Waals surface area contributed by atoms with E-state index in [0.717, 1.165) is 23.9 Å². The van der Waals surface area contributed by atoms with Gasteiger partial charge in [0.2, 0.25) is 0 Å². The van der Waals surface area contributed by atoms with Crippen molar-refractivity contribution in [2.45, 2.75) is 32.7 Å². The summed E-state index contributed by atoms with van der Waals surface area (Å²) in [6.07, 6.45) is 3.52. The zero-order valence-corrected chi connectivity index (χ0v) is 16.9. The molecule has 0 saturated carbocycles. The third-order valence-electron chi connectivity index (χ3n) is 4.66. The maximum absolute atomic E-state index is 13.1. The van der Waals surface area contributed by atoms with Gasteiger partial charge in [-0.15, -0.1) is 0 Å². The molecule has 28 heavy (non-hydrogen) atoms. The summed E-state index contributed by atoms with van der Waals surface area (Å²) in [7, 11) is 1.55. The van der Waals surface area contributed by atoms with E-state index in [2.05, 4.69) is 5.32 Å². The fourth-order valence-corrected chi connectivity index (χ4v) is 3.57. The number of methoxy groups -OCH3 is 1. The fourth-order valence-electron chi connectivity index (χ4n) is 3.31. The van der Waals surface area contributed by atoms with Gasteiger partial charge < -0.3 is 14.5 Å². The Hall–Kier alpha value is -2.79. The third-order valence-corrected chi connectivity index (χ3v) is 4.96. The van der Waals surface area contributed by atoms with Crippen LogP contribution in [-0.2, 0) is 4.79 Å². The molecule has 0 aliphatic heterocycles. The first-order valence-corrected chi connectivity index (χ1v) is 9.63. The summed E-state index contributed by atoms with van der Waals surface area (Å²) in [5, 5.41) is 3.23. The number of amides is 1. The van der Waals surface area contributed by atoms with Crippen molar-refractivity contribution < 1.29 is 14.3 Å². The van der Waals surface area contributed by atoms with Gasteiger partial charge >= 0.3 is 0 Å². The molecule has 146 valence electrons. The van der Waals surface area contributed by atoms with Crippen molar-refractivity contribution in [3.63, 3.8) is 0 Å². The van der Waals surface area contributed by atoms with Crippen LogP contribution in [0.15, 0.2) is 48.7 Å². The highest BCUT2D eigenvalue weighted by Gasteiger charge is 2.25. The van der Waals surface area contributed by atoms with E-state index in [4.69, 9.17) is 16.3 Å². The van der Waals surface area contributed by atoms with Gasteiger partial charge in [-0.3, -0.25) is 9.59 Å². The molecule has 3 rings (SSSR count). The largest absolute Gasteiger partial charge is 0.495 e. The summed E-state index contributed by atoms with van der Waals surface area (Å²) in [4.78, 5) is 25.7. The lowest BCUT2D eigenvalue weighted by Crippen LogP contribution is -2.38. The molecule has 6 heteroatoms. The molecule has 0 fully saturated rings. The van der Waals surface area contributed by atoms with E-state index in [9.17, 15) is 9.59 Å². The van der Waals surface area contributed by atoms with E-state index in [-0.39, 0.29) is 6.04 Å². The topological polar surface area (TPSA) is 59.8 Å². The standard InChI is InChI=1S/C22H23ClN2O3/c1-4-7-14(2)24-22(27)21(26)20-17(13-16-8-5-6-11-25(16)20)15-9-10-19(28-3)18(23)12-15/h5-6,8-14H,4,7H2,1-3H3,(H,24,27)/t14-/m0/s1. The molecule has 0 unspecified atom stereocenters. The number of halogens is 1. The second-order valence-electron chi connectivity index (χ2n) is 6.74. The van der Waals surface area contributed by atoms with Crippen molar-refractivity contribution >= 4 is 28.8 Å². The molecule has 3 aromatic rings. The average molecular weight is 399 g/mol. The van der Waals surface area contributed by atoms with Crippen LogP contribution in [0.2, 0.25) is 5.02 Å². The number of ether oxygens (including phenoxy) is 1. The Morgan fingerprint density at radius 1 is 1.21 bits per heavy atom. The molecular formula is C22H23ClN2O3. The number of Topliss-reactive ketones (excluding diaryl/α,β-unsaturated/α-hetero) is 1. The highest BCUT2D eigenvalue weighted by molar-refractivity contribution is 6.43. The zero-order chi connectivity index (χ0) is 20.3. The molecule has 0 saturated heterocycles. The first-order valence-electron chi connectivity index (χ1n) is 9.25. The summed E-state index contributed by atoms with van der Waals surface area (Å²) in [6.45, 7) is 3.94. The molecule has 0 radical (unpaired) electrons. The van der Waals surface area contributed by atoms with E-state index in [1.165, 1.54) is 0 Å². The van der Waals surface area contributed by atoms with Crippen LogP contribution in [0.25, 0.3) is 16.6 Å². The van der Waals surface area contributed by atoms with Crippen molar-refractivity contribution in [3.8, 4) is 16.9 Å². The van der Waals surface area contributed by atoms with Crippen LogP contribution in [-0.4, -0.2) is 29.2 Å². The number of hydrogen-bond acceptors (Lipinski definition) is 3. The van der Waals surface area contributed by atoms with Crippen LogP contribution >= 0.6 is 11.6 Å². The molecular weight excluding hydrogens is 376 g/mol. The Balaban J connectivity index is 2.08. The van der Waals surface area contributed by atoms with Crippen molar-refractivity contribution in [1.82, 2.24) is 9.72 Å². The second-order valence-corrected chi connectivity index (χ2v) is 7.15. The predicted octanol–water partition coefficient (Wildman–Crippen LogP) is 4.76. The lowest BCUT2D eigenvalue weighted by Gasteiger charge is -2.13. The van der Waals surface area contributed by atoms with E-state index in [1.807, 2.05) is 44.2 Å². The van der Waals surface area contributed by atoms with Gasteiger partial charge in [0.1, 0.15) is 11.4 Å². The van der Waals surface area contributed by atoms with Gasteiger partial charge in [-0.1, -0.05) is 37.1 Å². The van der Waals surface area contributed by atoms with Crippen molar-refractivity contribution in [2.24, 2.45) is 0 Å². The molecule has 0 bridgehead atoms. The van der Waals surface area contributed by atoms with Crippen LogP contribution in [0, 0.1) is 0 Å². The normalized spacial score (nSPS) is 12.0. The number of hydrogen-bond donors (Lipinski definition) is 1. The van der Waals surface area contributed by atoms with Gasteiger partial charge in [0, 0.05) is 23.3 Å². The smallest absolute Gasteiger partial charge is 0.294 e. The predicted molar refractivity (Wildman–Crippen MR) is 111 cm³/mol. The van der Waals surface area contributed by atoms with Gasteiger partial charge in [-0.2, -0.15) is 0 Å². The maximum Gasteiger partial charge on any atom is 0.294 e. The molecule has 0 spiro atoms. The van der Waals surface area contributed by atoms with Crippen LogP contribution in [0.1, 0.15) is 37.2 Å². The van der Waals surface area contributed by atoms with Gasteiger partial charge in [0.05, 0.1) is 12.1 Å². The Morgan fingerprint density at radius 2 is 2.00 bits per heavy atom. The van der Waals surface area contributed by atoms with E-state index >= 15 is 0 Å². The van der Waals surface area contributed by atoms with E-state index in [1.54, 1.807) is 29.8 Å². The Bertz CT molecular complexity index is 1030. The SMILES string of the molecule is CCC[C@H](C)NC(=O)C(=O)c1c(-c2ccc(OC)c(Cl)c2)cc2ccccn12. The molecule has 1 amide bonds. The molecule has 0 aliphatic rings. The maximum atomic E-state index is 13.1. The van der Waals surface area contributed by atoms with E-state index in [0.29, 0.717) is 22.0 Å².